The van der Waals surface area contributed by atoms with Gasteiger partial charge in [0.15, 0.2) is 0 Å². The van der Waals surface area contributed by atoms with Gasteiger partial charge in [-0.3, -0.25) is 0 Å². The number of hydrogen-bond acceptors (Lipinski definition) is 4. The van der Waals surface area contributed by atoms with E-state index in [1.807, 2.05) is 30.3 Å². The third kappa shape index (κ3) is 5.69. The maximum Gasteiger partial charge on any atom is 0.343 e. The third-order valence-electron chi connectivity index (χ3n) is 4.03. The van der Waals surface area contributed by atoms with Crippen molar-refractivity contribution in [2.75, 3.05) is 6.61 Å². The highest BCUT2D eigenvalue weighted by Crippen LogP contribution is 2.18. The number of rotatable bonds is 7. The summed E-state index contributed by atoms with van der Waals surface area (Å²) in [6.45, 7) is 0.320. The fraction of sp³-hybridized carbons (Fsp3) is 0.130. The second-order valence-corrected chi connectivity index (χ2v) is 6.59. The molecule has 0 aromatic heterocycles. The van der Waals surface area contributed by atoms with Crippen molar-refractivity contribution in [3.05, 3.63) is 101 Å². The highest BCUT2D eigenvalue weighted by atomic mass is 35.5. The Labute approximate surface area is 168 Å². The van der Waals surface area contributed by atoms with Gasteiger partial charge in [0.25, 0.3) is 0 Å². The van der Waals surface area contributed by atoms with Crippen molar-refractivity contribution in [3.63, 3.8) is 0 Å². The average molecular weight is 395 g/mol. The van der Waals surface area contributed by atoms with Gasteiger partial charge in [0.1, 0.15) is 5.75 Å². The van der Waals surface area contributed by atoms with Crippen LogP contribution < -0.4 is 4.74 Å². The molecule has 142 valence electrons. The van der Waals surface area contributed by atoms with Crippen molar-refractivity contribution in [2.24, 2.45) is 0 Å². The first kappa shape index (κ1) is 19.6. The number of benzene rings is 3. The van der Waals surface area contributed by atoms with Gasteiger partial charge < -0.3 is 9.47 Å². The van der Waals surface area contributed by atoms with E-state index in [-0.39, 0.29) is 5.75 Å². The highest BCUT2D eigenvalue weighted by Gasteiger charge is 2.12. The van der Waals surface area contributed by atoms with Gasteiger partial charge in [0, 0.05) is 5.02 Å². The van der Waals surface area contributed by atoms with Crippen LogP contribution in [0.25, 0.3) is 0 Å². The Morgan fingerprint density at radius 2 is 1.50 bits per heavy atom. The van der Waals surface area contributed by atoms with E-state index >= 15 is 0 Å². The first-order chi connectivity index (χ1) is 13.6. The van der Waals surface area contributed by atoms with E-state index in [0.29, 0.717) is 22.8 Å². The maximum absolute atomic E-state index is 12.2. The summed E-state index contributed by atoms with van der Waals surface area (Å²) >= 11 is 5.89. The quantitative estimate of drug-likeness (QED) is 0.308. The second-order valence-electron chi connectivity index (χ2n) is 6.15. The molecule has 0 spiro atoms. The Balaban J connectivity index is 1.53. The molecule has 0 saturated heterocycles. The Morgan fingerprint density at radius 1 is 0.786 bits per heavy atom. The molecule has 0 heterocycles. The van der Waals surface area contributed by atoms with Crippen LogP contribution in [0.2, 0.25) is 5.02 Å². The molecule has 0 unspecified atom stereocenters. The molecule has 0 fully saturated rings. The monoisotopic (exact) mass is 394 g/mol. The summed E-state index contributed by atoms with van der Waals surface area (Å²) in [6, 6.07) is 22.8. The summed E-state index contributed by atoms with van der Waals surface area (Å²) in [5.74, 6) is -0.728. The Kier molecular flexibility index (Phi) is 6.82. The number of esters is 2. The van der Waals surface area contributed by atoms with Crippen molar-refractivity contribution < 1.29 is 19.1 Å². The van der Waals surface area contributed by atoms with Crippen LogP contribution >= 0.6 is 11.6 Å². The molecule has 0 aliphatic rings. The van der Waals surface area contributed by atoms with Gasteiger partial charge in [-0.15, -0.1) is 0 Å². The lowest BCUT2D eigenvalue weighted by atomic mass is 10.1. The molecule has 3 aromatic carbocycles. The Hall–Kier alpha value is -3.11. The van der Waals surface area contributed by atoms with Crippen LogP contribution in [0.5, 0.6) is 5.75 Å². The van der Waals surface area contributed by atoms with E-state index in [4.69, 9.17) is 21.1 Å². The summed E-state index contributed by atoms with van der Waals surface area (Å²) in [5, 5.41) is 0.447. The summed E-state index contributed by atoms with van der Waals surface area (Å²) in [4.78, 5) is 24.4. The predicted octanol–water partition coefficient (Wildman–Crippen LogP) is 5.35. The molecule has 0 aliphatic heterocycles. The standard InChI is InChI=1S/C23H19ClO4/c24-20-12-4-10-18(15-20)23(26)28-21-13-5-11-19(16-21)22(25)27-14-6-9-17-7-2-1-3-8-17/h1-5,7-8,10-13,15-16H,6,9,14H2. The van der Waals surface area contributed by atoms with E-state index < -0.39 is 11.9 Å². The molecule has 0 radical (unpaired) electrons. The minimum atomic E-state index is -0.545. The Morgan fingerprint density at radius 3 is 2.25 bits per heavy atom. The molecule has 0 N–H and O–H groups in total. The van der Waals surface area contributed by atoms with Crippen LogP contribution in [0.15, 0.2) is 78.9 Å². The maximum atomic E-state index is 12.2. The van der Waals surface area contributed by atoms with Gasteiger partial charge >= 0.3 is 11.9 Å². The van der Waals surface area contributed by atoms with Gasteiger partial charge in [-0.2, -0.15) is 0 Å². The van der Waals surface area contributed by atoms with Crippen LogP contribution in [0.4, 0.5) is 0 Å². The van der Waals surface area contributed by atoms with Gasteiger partial charge in [-0.05, 0) is 54.8 Å². The normalized spacial score (nSPS) is 10.3. The zero-order valence-corrected chi connectivity index (χ0v) is 15.9. The number of carbonyl (C=O) groups excluding carboxylic acids is 2. The lowest BCUT2D eigenvalue weighted by molar-refractivity contribution is 0.0498. The summed E-state index contributed by atoms with van der Waals surface area (Å²) in [6.07, 6.45) is 1.57. The molecule has 0 atom stereocenters. The van der Waals surface area contributed by atoms with E-state index in [2.05, 4.69) is 0 Å². The van der Waals surface area contributed by atoms with Gasteiger partial charge in [0.05, 0.1) is 17.7 Å². The molecular weight excluding hydrogens is 376 g/mol. The first-order valence-electron chi connectivity index (χ1n) is 8.91. The van der Waals surface area contributed by atoms with E-state index in [9.17, 15) is 9.59 Å². The average Bonchev–Trinajstić information content (AvgIpc) is 2.72. The summed E-state index contributed by atoms with van der Waals surface area (Å²) in [7, 11) is 0. The lowest BCUT2D eigenvalue weighted by Gasteiger charge is -2.08. The van der Waals surface area contributed by atoms with Crippen LogP contribution in [0.3, 0.4) is 0 Å². The minimum absolute atomic E-state index is 0.267. The number of ether oxygens (including phenoxy) is 2. The van der Waals surface area contributed by atoms with Gasteiger partial charge in [-0.1, -0.05) is 54.1 Å². The minimum Gasteiger partial charge on any atom is -0.462 e. The van der Waals surface area contributed by atoms with E-state index in [0.717, 1.165) is 12.8 Å². The lowest BCUT2D eigenvalue weighted by Crippen LogP contribution is -2.10. The van der Waals surface area contributed by atoms with Crippen LogP contribution in [0, 0.1) is 0 Å². The van der Waals surface area contributed by atoms with Crippen molar-refractivity contribution in [3.8, 4) is 5.75 Å². The topological polar surface area (TPSA) is 52.6 Å². The van der Waals surface area contributed by atoms with Crippen molar-refractivity contribution in [1.29, 1.82) is 0 Å². The second kappa shape index (κ2) is 9.72. The number of halogens is 1. The molecular formula is C23H19ClO4. The zero-order valence-electron chi connectivity index (χ0n) is 15.1. The molecule has 3 aromatic rings. The van der Waals surface area contributed by atoms with Crippen molar-refractivity contribution in [1.82, 2.24) is 0 Å². The molecule has 3 rings (SSSR count). The molecule has 28 heavy (non-hydrogen) atoms. The fourth-order valence-electron chi connectivity index (χ4n) is 2.64. The van der Waals surface area contributed by atoms with Crippen LogP contribution in [-0.4, -0.2) is 18.5 Å². The number of carbonyl (C=O) groups is 2. The van der Waals surface area contributed by atoms with E-state index in [1.54, 1.807) is 36.4 Å². The van der Waals surface area contributed by atoms with Crippen LogP contribution in [0.1, 0.15) is 32.7 Å². The molecule has 0 aliphatic carbocycles. The van der Waals surface area contributed by atoms with Gasteiger partial charge in [0.2, 0.25) is 0 Å². The van der Waals surface area contributed by atoms with Crippen LogP contribution in [-0.2, 0) is 11.2 Å². The molecule has 0 bridgehead atoms. The molecule has 5 heteroatoms. The zero-order chi connectivity index (χ0) is 19.8. The summed E-state index contributed by atoms with van der Waals surface area (Å²) < 4.78 is 10.6. The fourth-order valence-corrected chi connectivity index (χ4v) is 2.83. The molecule has 4 nitrogen and oxygen atoms in total. The largest absolute Gasteiger partial charge is 0.462 e. The molecule has 0 saturated carbocycles. The predicted molar refractivity (Wildman–Crippen MR) is 108 cm³/mol. The number of hydrogen-bond donors (Lipinski definition) is 0. The highest BCUT2D eigenvalue weighted by molar-refractivity contribution is 6.30. The van der Waals surface area contributed by atoms with E-state index in [1.165, 1.54) is 17.7 Å². The SMILES string of the molecule is O=C(OCCCc1ccccc1)c1cccc(OC(=O)c2cccc(Cl)c2)c1. The van der Waals surface area contributed by atoms with Crippen molar-refractivity contribution >= 4 is 23.5 Å². The Bertz CT molecular complexity index is 954. The van der Waals surface area contributed by atoms with Gasteiger partial charge in [-0.25, -0.2) is 9.59 Å². The smallest absolute Gasteiger partial charge is 0.343 e. The summed E-state index contributed by atoms with van der Waals surface area (Å²) in [5.41, 5.74) is 1.87. The first-order valence-corrected chi connectivity index (χ1v) is 9.28. The number of aryl methyl sites for hydroxylation is 1. The molecule has 0 amide bonds. The van der Waals surface area contributed by atoms with Crippen molar-refractivity contribution in [2.45, 2.75) is 12.8 Å². The third-order valence-corrected chi connectivity index (χ3v) is 4.26.